The van der Waals surface area contributed by atoms with Gasteiger partial charge in [0.1, 0.15) is 5.75 Å². The first-order valence-corrected chi connectivity index (χ1v) is 9.82. The molecule has 0 spiro atoms. The molecule has 1 aromatic carbocycles. The van der Waals surface area contributed by atoms with Crippen molar-refractivity contribution < 1.29 is 14.3 Å². The summed E-state index contributed by atoms with van der Waals surface area (Å²) in [7, 11) is 1.61. The number of benzene rings is 1. The van der Waals surface area contributed by atoms with Gasteiger partial charge in [0.25, 0.3) is 0 Å². The third kappa shape index (κ3) is 6.12. The monoisotopic (exact) mass is 403 g/mol. The smallest absolute Gasteiger partial charge is 0.321 e. The van der Waals surface area contributed by atoms with Gasteiger partial charge in [0.2, 0.25) is 5.91 Å². The number of nitrogens with zero attached hydrogens (tertiary/aromatic N) is 3. The molecule has 8 nitrogen and oxygen atoms in total. The maximum atomic E-state index is 12.0. The van der Waals surface area contributed by atoms with Crippen LogP contribution in [0.2, 0.25) is 0 Å². The fourth-order valence-corrected chi connectivity index (χ4v) is 3.02. The average Bonchev–Trinajstić information content (AvgIpc) is 3.08. The second kappa shape index (κ2) is 10.5. The number of allylic oxidation sites excluding steroid dienone is 1. The molecule has 0 saturated heterocycles. The largest absolute Gasteiger partial charge is 0.497 e. The third-order valence-corrected chi connectivity index (χ3v) is 4.60. The molecule has 3 amide bonds. The first-order chi connectivity index (χ1) is 13.4. The summed E-state index contributed by atoms with van der Waals surface area (Å²) in [6, 6.07) is 6.98. The molecule has 0 unspecified atom stereocenters. The highest BCUT2D eigenvalue weighted by molar-refractivity contribution is 7.99. The molecular weight excluding hydrogens is 378 g/mol. The van der Waals surface area contributed by atoms with Gasteiger partial charge in [-0.2, -0.15) is 0 Å². The van der Waals surface area contributed by atoms with E-state index in [-0.39, 0.29) is 5.75 Å². The van der Waals surface area contributed by atoms with Crippen LogP contribution in [-0.2, 0) is 11.3 Å². The number of hydrogen-bond acceptors (Lipinski definition) is 6. The van der Waals surface area contributed by atoms with Gasteiger partial charge < -0.3 is 10.1 Å². The van der Waals surface area contributed by atoms with Gasteiger partial charge in [0.05, 0.1) is 12.9 Å². The van der Waals surface area contributed by atoms with Crippen LogP contribution in [0, 0.1) is 5.92 Å². The van der Waals surface area contributed by atoms with E-state index in [0.717, 1.165) is 11.3 Å². The van der Waals surface area contributed by atoms with E-state index >= 15 is 0 Å². The van der Waals surface area contributed by atoms with Crippen molar-refractivity contribution in [2.24, 2.45) is 5.92 Å². The Morgan fingerprint density at radius 2 is 2.00 bits per heavy atom. The van der Waals surface area contributed by atoms with Gasteiger partial charge in [-0.1, -0.05) is 31.7 Å². The Balaban J connectivity index is 2.03. The van der Waals surface area contributed by atoms with E-state index in [1.54, 1.807) is 13.2 Å². The summed E-state index contributed by atoms with van der Waals surface area (Å²) in [5.41, 5.74) is 0.875. The number of amides is 3. The highest BCUT2D eigenvalue weighted by atomic mass is 32.2. The Morgan fingerprint density at radius 1 is 1.29 bits per heavy atom. The van der Waals surface area contributed by atoms with Crippen LogP contribution in [0.25, 0.3) is 11.4 Å². The topological polar surface area (TPSA) is 98.1 Å². The molecule has 0 aliphatic carbocycles. The molecular formula is C19H25N5O3S. The predicted molar refractivity (Wildman–Crippen MR) is 109 cm³/mol. The van der Waals surface area contributed by atoms with Crippen molar-refractivity contribution in [3.63, 3.8) is 0 Å². The highest BCUT2D eigenvalue weighted by Gasteiger charge is 2.16. The fraction of sp³-hybridized carbons (Fsp3) is 0.368. The molecule has 2 aromatic rings. The molecule has 2 N–H and O–H groups in total. The van der Waals surface area contributed by atoms with Crippen LogP contribution in [0.15, 0.2) is 42.1 Å². The lowest BCUT2D eigenvalue weighted by atomic mass is 10.2. The number of ether oxygens (including phenoxy) is 1. The number of carbonyl (C=O) groups excluding carboxylic acids is 2. The van der Waals surface area contributed by atoms with Gasteiger partial charge in [0, 0.05) is 18.7 Å². The number of rotatable bonds is 9. The van der Waals surface area contributed by atoms with Crippen LogP contribution in [0.3, 0.4) is 0 Å². The van der Waals surface area contributed by atoms with E-state index < -0.39 is 11.9 Å². The summed E-state index contributed by atoms with van der Waals surface area (Å²) in [6.07, 6.45) is 1.74. The second-order valence-corrected chi connectivity index (χ2v) is 7.32. The van der Waals surface area contributed by atoms with Crippen LogP contribution in [-0.4, -0.2) is 46.1 Å². The number of imide groups is 1. The molecule has 0 radical (unpaired) electrons. The van der Waals surface area contributed by atoms with E-state index in [1.807, 2.05) is 42.7 Å². The lowest BCUT2D eigenvalue weighted by Crippen LogP contribution is -2.41. The maximum Gasteiger partial charge on any atom is 0.321 e. The second-order valence-electron chi connectivity index (χ2n) is 6.37. The molecule has 2 rings (SSSR count). The Labute approximate surface area is 168 Å². The lowest BCUT2D eigenvalue weighted by Gasteiger charge is -2.09. The van der Waals surface area contributed by atoms with Gasteiger partial charge in [-0.25, -0.2) is 4.79 Å². The van der Waals surface area contributed by atoms with Gasteiger partial charge in [-0.15, -0.1) is 16.8 Å². The quantitative estimate of drug-likeness (QED) is 0.493. The minimum atomic E-state index is -0.495. The number of urea groups is 1. The molecule has 0 aliphatic heterocycles. The van der Waals surface area contributed by atoms with E-state index in [0.29, 0.717) is 30.0 Å². The summed E-state index contributed by atoms with van der Waals surface area (Å²) in [5, 5.41) is 13.9. The SMILES string of the molecule is C=CCn1c(SCC(=O)NC(=O)NCC(C)C)nnc1-c1ccc(OC)cc1. The van der Waals surface area contributed by atoms with Crippen LogP contribution < -0.4 is 15.4 Å². The van der Waals surface area contributed by atoms with Crippen LogP contribution >= 0.6 is 11.8 Å². The molecule has 1 heterocycles. The van der Waals surface area contributed by atoms with Crippen molar-refractivity contribution in [3.8, 4) is 17.1 Å². The first kappa shape index (κ1) is 21.5. The van der Waals surface area contributed by atoms with Gasteiger partial charge >= 0.3 is 6.03 Å². The minimum Gasteiger partial charge on any atom is -0.497 e. The number of carbonyl (C=O) groups is 2. The van der Waals surface area contributed by atoms with Crippen LogP contribution in [0.4, 0.5) is 4.79 Å². The molecule has 0 fully saturated rings. The minimum absolute atomic E-state index is 0.0486. The number of nitrogens with one attached hydrogen (secondary N) is 2. The van der Waals surface area contributed by atoms with Crippen molar-refractivity contribution in [2.45, 2.75) is 25.5 Å². The van der Waals surface area contributed by atoms with Crippen molar-refractivity contribution in [3.05, 3.63) is 36.9 Å². The molecule has 0 bridgehead atoms. The van der Waals surface area contributed by atoms with Crippen LogP contribution in [0.1, 0.15) is 13.8 Å². The van der Waals surface area contributed by atoms with Crippen molar-refractivity contribution in [1.82, 2.24) is 25.4 Å². The van der Waals surface area contributed by atoms with Crippen molar-refractivity contribution in [1.29, 1.82) is 0 Å². The standard InChI is InChI=1S/C19H25N5O3S/c1-5-10-24-17(14-6-8-15(27-4)9-7-14)22-23-19(24)28-12-16(25)21-18(26)20-11-13(2)3/h5-9,13H,1,10-12H2,2-4H3,(H2,20,21,25,26). The first-order valence-electron chi connectivity index (χ1n) is 8.83. The normalized spacial score (nSPS) is 10.6. The lowest BCUT2D eigenvalue weighted by molar-refractivity contribution is -0.117. The number of methoxy groups -OCH3 is 1. The third-order valence-electron chi connectivity index (χ3n) is 3.63. The Hall–Kier alpha value is -2.81. The number of thioether (sulfide) groups is 1. The molecule has 0 aliphatic rings. The Bertz CT molecular complexity index is 817. The zero-order valence-corrected chi connectivity index (χ0v) is 17.1. The Kier molecular flexibility index (Phi) is 8.06. The molecule has 28 heavy (non-hydrogen) atoms. The predicted octanol–water partition coefficient (Wildman–Crippen LogP) is 2.71. The van der Waals surface area contributed by atoms with Gasteiger partial charge in [-0.05, 0) is 30.2 Å². The zero-order chi connectivity index (χ0) is 20.5. The summed E-state index contributed by atoms with van der Waals surface area (Å²) in [6.45, 7) is 8.72. The summed E-state index contributed by atoms with van der Waals surface area (Å²) < 4.78 is 7.04. The van der Waals surface area contributed by atoms with Gasteiger partial charge in [0.15, 0.2) is 11.0 Å². The van der Waals surface area contributed by atoms with E-state index in [9.17, 15) is 9.59 Å². The fourth-order valence-electron chi connectivity index (χ4n) is 2.28. The summed E-state index contributed by atoms with van der Waals surface area (Å²) in [4.78, 5) is 23.7. The number of aromatic nitrogens is 3. The summed E-state index contributed by atoms with van der Waals surface area (Å²) in [5.74, 6) is 1.38. The van der Waals surface area contributed by atoms with Crippen molar-refractivity contribution in [2.75, 3.05) is 19.4 Å². The van der Waals surface area contributed by atoms with E-state index in [4.69, 9.17) is 4.74 Å². The molecule has 1 aromatic heterocycles. The summed E-state index contributed by atoms with van der Waals surface area (Å²) >= 11 is 1.21. The maximum absolute atomic E-state index is 12.0. The van der Waals surface area contributed by atoms with Crippen LogP contribution in [0.5, 0.6) is 5.75 Å². The zero-order valence-electron chi connectivity index (χ0n) is 16.3. The molecule has 150 valence electrons. The van der Waals surface area contributed by atoms with E-state index in [2.05, 4.69) is 27.4 Å². The van der Waals surface area contributed by atoms with E-state index in [1.165, 1.54) is 11.8 Å². The van der Waals surface area contributed by atoms with Gasteiger partial charge in [-0.3, -0.25) is 14.7 Å². The van der Waals surface area contributed by atoms with Crippen molar-refractivity contribution >= 4 is 23.7 Å². The molecule has 0 atom stereocenters. The molecule has 9 heteroatoms. The number of hydrogen-bond donors (Lipinski definition) is 2. The Morgan fingerprint density at radius 3 is 2.61 bits per heavy atom. The average molecular weight is 404 g/mol. The highest BCUT2D eigenvalue weighted by Crippen LogP contribution is 2.25. The molecule has 0 saturated carbocycles.